The second-order valence-electron chi connectivity index (χ2n) is 18.7. The molecule has 1 aliphatic rings. The Morgan fingerprint density at radius 3 is 1.85 bits per heavy atom. The van der Waals surface area contributed by atoms with Gasteiger partial charge in [-0.3, -0.25) is 4.57 Å². The normalized spacial score (nSPS) is 17.1. The van der Waals surface area contributed by atoms with Crippen molar-refractivity contribution in [1.29, 1.82) is 5.26 Å². The third-order valence-electron chi connectivity index (χ3n) is 10.7. The molecule has 0 saturated carbocycles. The van der Waals surface area contributed by atoms with Gasteiger partial charge in [-0.25, -0.2) is 29.2 Å². The van der Waals surface area contributed by atoms with Crippen LogP contribution in [0.3, 0.4) is 0 Å². The number of carbonyl (C=O) groups excluding carboxylic acids is 2. The van der Waals surface area contributed by atoms with Crippen LogP contribution < -0.4 is 14.4 Å². The molecule has 17 nitrogen and oxygen atoms in total. The van der Waals surface area contributed by atoms with Gasteiger partial charge in [-0.05, 0) is 110 Å². The number of rotatable bonds is 18. The number of hydrogen-bond acceptors (Lipinski definition) is 15. The number of nitriles is 1. The van der Waals surface area contributed by atoms with Gasteiger partial charge in [0, 0.05) is 18.5 Å². The third kappa shape index (κ3) is 12.1. The lowest BCUT2D eigenvalue weighted by Crippen LogP contribution is -2.44. The molecule has 0 radical (unpaired) electrons. The maximum absolute atomic E-state index is 13.8. The molecule has 1 aliphatic heterocycles. The van der Waals surface area contributed by atoms with Gasteiger partial charge < -0.3 is 37.5 Å². The minimum absolute atomic E-state index is 0.0107. The average molecular weight is 954 g/mol. The molecule has 2 amide bonds. The SMILES string of the molecule is COc1ccc(C(OC[C@H]2O[C@@H](n3cnc4c(N(C(=O)OC(C)(C)C)C(=O)OC(C)(C)C)ncnc43)C[C@@H]2OP(OCCC#N)N(C(C)C)C(C)C)(c2ccccc2)c2ccc(OC)cc2)cc1. The summed E-state index contributed by atoms with van der Waals surface area (Å²) >= 11 is 0. The van der Waals surface area contributed by atoms with Crippen molar-refractivity contribution in [3.8, 4) is 17.6 Å². The zero-order valence-corrected chi connectivity index (χ0v) is 41.9. The number of imide groups is 1. The first-order valence-corrected chi connectivity index (χ1v) is 23.8. The van der Waals surface area contributed by atoms with Crippen LogP contribution in [-0.4, -0.2) is 99.3 Å². The number of amides is 2. The van der Waals surface area contributed by atoms with E-state index in [-0.39, 0.29) is 55.1 Å². The Balaban J connectivity index is 1.46. The molecule has 18 heteroatoms. The van der Waals surface area contributed by atoms with Crippen LogP contribution in [-0.2, 0) is 33.6 Å². The summed E-state index contributed by atoms with van der Waals surface area (Å²) in [4.78, 5) is 41.9. The van der Waals surface area contributed by atoms with E-state index in [0.29, 0.717) is 11.5 Å². The zero-order valence-electron chi connectivity index (χ0n) is 41.0. The number of imidazole rings is 1. The number of benzene rings is 3. The number of ether oxygens (including phenoxy) is 6. The molecule has 2 aromatic heterocycles. The van der Waals surface area contributed by atoms with Crippen LogP contribution in [0.1, 0.15) is 105 Å². The van der Waals surface area contributed by atoms with Crippen molar-refractivity contribution in [3.63, 3.8) is 0 Å². The van der Waals surface area contributed by atoms with Crippen LogP contribution in [0.15, 0.2) is 91.5 Å². The molecule has 4 atom stereocenters. The number of nitrogens with zero attached hydrogens (tertiary/aromatic N) is 7. The summed E-state index contributed by atoms with van der Waals surface area (Å²) in [7, 11) is 1.51. The minimum atomic E-state index is -1.74. The van der Waals surface area contributed by atoms with Gasteiger partial charge in [-0.2, -0.15) is 10.2 Å². The van der Waals surface area contributed by atoms with Crippen molar-refractivity contribution >= 4 is 37.7 Å². The number of fused-ring (bicyclic) bond motifs is 1. The Morgan fingerprint density at radius 2 is 1.35 bits per heavy atom. The average Bonchev–Trinajstić information content (AvgIpc) is 3.90. The predicted molar refractivity (Wildman–Crippen MR) is 257 cm³/mol. The summed E-state index contributed by atoms with van der Waals surface area (Å²) in [6.07, 6.45) is -0.907. The Kier molecular flexibility index (Phi) is 16.8. The molecule has 1 saturated heterocycles. The zero-order chi connectivity index (χ0) is 49.4. The van der Waals surface area contributed by atoms with E-state index in [4.69, 9.17) is 37.5 Å². The number of carbonyl (C=O) groups is 2. The van der Waals surface area contributed by atoms with Crippen LogP contribution in [0.4, 0.5) is 15.4 Å². The van der Waals surface area contributed by atoms with Gasteiger partial charge in [0.25, 0.3) is 8.53 Å². The molecule has 68 heavy (non-hydrogen) atoms. The van der Waals surface area contributed by atoms with Crippen LogP contribution in [0, 0.1) is 11.3 Å². The van der Waals surface area contributed by atoms with E-state index < -0.39 is 56.0 Å². The molecule has 5 aromatic rings. The highest BCUT2D eigenvalue weighted by Gasteiger charge is 2.46. The fourth-order valence-corrected chi connectivity index (χ4v) is 9.66. The Morgan fingerprint density at radius 1 is 0.809 bits per heavy atom. The van der Waals surface area contributed by atoms with E-state index in [1.54, 1.807) is 60.3 Å². The van der Waals surface area contributed by atoms with Crippen molar-refractivity contribution in [2.75, 3.05) is 32.3 Å². The van der Waals surface area contributed by atoms with Crippen molar-refractivity contribution in [1.82, 2.24) is 24.2 Å². The van der Waals surface area contributed by atoms with Gasteiger partial charge in [0.05, 0.1) is 52.4 Å². The molecule has 6 rings (SSSR count). The van der Waals surface area contributed by atoms with E-state index >= 15 is 0 Å². The van der Waals surface area contributed by atoms with Crippen LogP contribution >= 0.6 is 8.53 Å². The minimum Gasteiger partial charge on any atom is -0.497 e. The van der Waals surface area contributed by atoms with Crippen molar-refractivity contribution in [3.05, 3.63) is 108 Å². The van der Waals surface area contributed by atoms with E-state index in [2.05, 4.69) is 53.4 Å². The molecule has 1 unspecified atom stereocenters. The van der Waals surface area contributed by atoms with Gasteiger partial charge in [0.1, 0.15) is 47.0 Å². The predicted octanol–water partition coefficient (Wildman–Crippen LogP) is 10.5. The molecule has 364 valence electrons. The molecule has 3 heterocycles. The first-order chi connectivity index (χ1) is 32.3. The Hall–Kier alpha value is -5.73. The molecule has 0 aliphatic carbocycles. The van der Waals surface area contributed by atoms with Crippen LogP contribution in [0.2, 0.25) is 0 Å². The Labute approximate surface area is 400 Å². The molecule has 0 spiro atoms. The quantitative estimate of drug-likeness (QED) is 0.0459. The van der Waals surface area contributed by atoms with Crippen molar-refractivity contribution < 1.29 is 47.1 Å². The van der Waals surface area contributed by atoms with Gasteiger partial charge in [-0.15, -0.1) is 0 Å². The van der Waals surface area contributed by atoms with E-state index in [9.17, 15) is 14.9 Å². The summed E-state index contributed by atoms with van der Waals surface area (Å²) in [6, 6.07) is 27.7. The highest BCUT2D eigenvalue weighted by Crippen LogP contribution is 2.51. The smallest absolute Gasteiger partial charge is 0.425 e. The van der Waals surface area contributed by atoms with Gasteiger partial charge >= 0.3 is 12.2 Å². The molecule has 0 bridgehead atoms. The lowest BCUT2D eigenvalue weighted by Gasteiger charge is -2.39. The summed E-state index contributed by atoms with van der Waals surface area (Å²) in [5.74, 6) is 1.24. The van der Waals surface area contributed by atoms with Crippen LogP contribution in [0.25, 0.3) is 11.2 Å². The molecule has 3 aromatic carbocycles. The van der Waals surface area contributed by atoms with Gasteiger partial charge in [0.2, 0.25) is 0 Å². The molecule has 0 N–H and O–H groups in total. The highest BCUT2D eigenvalue weighted by atomic mass is 31.2. The summed E-state index contributed by atoms with van der Waals surface area (Å²) in [6.45, 7) is 18.6. The fraction of sp³-hybridized carbons (Fsp3) is 0.480. The standard InChI is InChI=1S/C50H64N7O10P/c1-33(2)57(34(3)4)68(63-28-16-27-51)67-40-29-42(55-32-54-43-44(55)52-31-53-45(43)56(46(58)65-48(5,6)7)47(59)66-49(8,9)10)64-41(40)30-62-50(35-17-14-13-15-18-35,36-19-23-38(60-11)24-20-36)37-21-25-39(61-12)26-22-37/h13-15,17-26,31-34,40-42H,16,28-30H2,1-12H3/t40-,41+,42+,68?/m0/s1. The lowest BCUT2D eigenvalue weighted by atomic mass is 9.80. The van der Waals surface area contributed by atoms with Gasteiger partial charge in [0.15, 0.2) is 17.0 Å². The first-order valence-electron chi connectivity index (χ1n) is 22.6. The monoisotopic (exact) mass is 953 g/mol. The summed E-state index contributed by atoms with van der Waals surface area (Å²) in [5, 5.41) is 9.49. The second kappa shape index (κ2) is 22.1. The lowest BCUT2D eigenvalue weighted by molar-refractivity contribution is -0.0912. The highest BCUT2D eigenvalue weighted by molar-refractivity contribution is 7.44. The summed E-state index contributed by atoms with van der Waals surface area (Å²) < 4.78 is 54.3. The Bertz CT molecular complexity index is 2400. The number of aromatic nitrogens is 4. The third-order valence-corrected chi connectivity index (χ3v) is 12.9. The van der Waals surface area contributed by atoms with Gasteiger partial charge in [-0.1, -0.05) is 54.6 Å². The first kappa shape index (κ1) is 51.7. The van der Waals surface area contributed by atoms with Crippen molar-refractivity contribution in [2.45, 2.75) is 129 Å². The van der Waals surface area contributed by atoms with Crippen LogP contribution in [0.5, 0.6) is 11.5 Å². The number of hydrogen-bond donors (Lipinski definition) is 0. The van der Waals surface area contributed by atoms with Crippen molar-refractivity contribution in [2.24, 2.45) is 0 Å². The number of methoxy groups -OCH3 is 2. The summed E-state index contributed by atoms with van der Waals surface area (Å²) in [5.41, 5.74) is -0.171. The molecule has 1 fully saturated rings. The maximum atomic E-state index is 13.8. The fourth-order valence-electron chi connectivity index (χ4n) is 7.90. The largest absolute Gasteiger partial charge is 0.497 e. The number of anilines is 1. The van der Waals surface area contributed by atoms with E-state index in [1.165, 1.54) is 12.7 Å². The second-order valence-corrected chi connectivity index (χ2v) is 20.1. The molecular weight excluding hydrogens is 890 g/mol. The topological polar surface area (TPSA) is 182 Å². The van der Waals surface area contributed by atoms with E-state index in [1.807, 2.05) is 78.9 Å². The molecular formula is C50H64N7O10P. The van der Waals surface area contributed by atoms with E-state index in [0.717, 1.165) is 21.6 Å². The maximum Gasteiger partial charge on any atom is 0.425 e.